The van der Waals surface area contributed by atoms with E-state index in [9.17, 15) is 14.0 Å². The SMILES string of the molecule is O=C(COc1ccc(Br)cc1F)NNC(=O)c1ccc2ccccc2n1. The summed E-state index contributed by atoms with van der Waals surface area (Å²) in [5.74, 6) is -1.87. The number of para-hydroxylation sites is 1. The lowest BCUT2D eigenvalue weighted by Gasteiger charge is -2.09. The van der Waals surface area contributed by atoms with E-state index in [1.54, 1.807) is 24.3 Å². The Morgan fingerprint density at radius 3 is 2.69 bits per heavy atom. The van der Waals surface area contributed by atoms with Crippen molar-refractivity contribution in [3.63, 3.8) is 0 Å². The fourth-order valence-corrected chi connectivity index (χ4v) is 2.49. The van der Waals surface area contributed by atoms with Gasteiger partial charge >= 0.3 is 0 Å². The molecule has 0 saturated heterocycles. The number of carbonyl (C=O) groups is 2. The Bertz CT molecular complexity index is 981. The van der Waals surface area contributed by atoms with Crippen LogP contribution in [0.15, 0.2) is 59.1 Å². The number of ether oxygens (including phenoxy) is 1. The molecule has 8 heteroatoms. The summed E-state index contributed by atoms with van der Waals surface area (Å²) < 4.78 is 19.2. The maximum atomic E-state index is 13.6. The number of nitrogens with zero attached hydrogens (tertiary/aromatic N) is 1. The van der Waals surface area contributed by atoms with Crippen molar-refractivity contribution in [2.24, 2.45) is 0 Å². The van der Waals surface area contributed by atoms with E-state index in [0.717, 1.165) is 5.39 Å². The van der Waals surface area contributed by atoms with E-state index in [1.807, 2.05) is 18.2 Å². The Hall–Kier alpha value is -3.00. The van der Waals surface area contributed by atoms with Crippen LogP contribution < -0.4 is 15.6 Å². The van der Waals surface area contributed by atoms with Gasteiger partial charge in [-0.2, -0.15) is 0 Å². The summed E-state index contributed by atoms with van der Waals surface area (Å²) in [6.07, 6.45) is 0. The first-order valence-electron chi connectivity index (χ1n) is 7.56. The number of fused-ring (bicyclic) bond motifs is 1. The fraction of sp³-hybridized carbons (Fsp3) is 0.0556. The Morgan fingerprint density at radius 1 is 1.08 bits per heavy atom. The zero-order valence-corrected chi connectivity index (χ0v) is 14.9. The van der Waals surface area contributed by atoms with Gasteiger partial charge in [-0.1, -0.05) is 40.2 Å². The predicted molar refractivity (Wildman–Crippen MR) is 96.9 cm³/mol. The monoisotopic (exact) mass is 417 g/mol. The van der Waals surface area contributed by atoms with Crippen molar-refractivity contribution in [3.8, 4) is 5.75 Å². The number of nitrogens with one attached hydrogen (secondary N) is 2. The summed E-state index contributed by atoms with van der Waals surface area (Å²) in [6.45, 7) is -0.454. The van der Waals surface area contributed by atoms with Crippen LogP contribution in [0.3, 0.4) is 0 Å². The summed E-state index contributed by atoms with van der Waals surface area (Å²) in [5.41, 5.74) is 5.26. The second-order valence-corrected chi connectivity index (χ2v) is 6.17. The lowest BCUT2D eigenvalue weighted by atomic mass is 10.2. The van der Waals surface area contributed by atoms with E-state index in [1.165, 1.54) is 12.1 Å². The van der Waals surface area contributed by atoms with Gasteiger partial charge in [0.15, 0.2) is 18.2 Å². The molecule has 2 amide bonds. The maximum Gasteiger partial charge on any atom is 0.288 e. The molecule has 0 radical (unpaired) electrons. The van der Waals surface area contributed by atoms with Gasteiger partial charge in [0.05, 0.1) is 5.52 Å². The van der Waals surface area contributed by atoms with Crippen molar-refractivity contribution >= 4 is 38.6 Å². The van der Waals surface area contributed by atoms with Crippen molar-refractivity contribution in [1.29, 1.82) is 0 Å². The van der Waals surface area contributed by atoms with Gasteiger partial charge < -0.3 is 4.74 Å². The first-order valence-corrected chi connectivity index (χ1v) is 8.35. The van der Waals surface area contributed by atoms with Crippen LogP contribution in [0.5, 0.6) is 5.75 Å². The van der Waals surface area contributed by atoms with E-state index in [2.05, 4.69) is 31.8 Å². The number of aromatic nitrogens is 1. The van der Waals surface area contributed by atoms with Crippen LogP contribution in [0.25, 0.3) is 10.9 Å². The minimum atomic E-state index is -0.638. The van der Waals surface area contributed by atoms with Gasteiger partial charge in [0.2, 0.25) is 0 Å². The van der Waals surface area contributed by atoms with Crippen LogP contribution >= 0.6 is 15.9 Å². The third kappa shape index (κ3) is 4.34. The van der Waals surface area contributed by atoms with Crippen LogP contribution in [0.1, 0.15) is 10.5 Å². The Morgan fingerprint density at radius 2 is 1.88 bits per heavy atom. The molecule has 6 nitrogen and oxygen atoms in total. The average Bonchev–Trinajstić information content (AvgIpc) is 2.65. The fourth-order valence-electron chi connectivity index (χ4n) is 2.15. The van der Waals surface area contributed by atoms with Gasteiger partial charge in [0, 0.05) is 9.86 Å². The molecular formula is C18H13BrFN3O3. The molecule has 0 aliphatic rings. The highest BCUT2D eigenvalue weighted by Gasteiger charge is 2.11. The first kappa shape index (κ1) is 17.8. The van der Waals surface area contributed by atoms with Gasteiger partial charge in [-0.15, -0.1) is 0 Å². The first-order chi connectivity index (χ1) is 12.5. The van der Waals surface area contributed by atoms with Crippen molar-refractivity contribution in [2.75, 3.05) is 6.61 Å². The van der Waals surface area contributed by atoms with Gasteiger partial charge in [0.1, 0.15) is 5.69 Å². The number of hydrazine groups is 1. The second kappa shape index (κ2) is 7.92. The summed E-state index contributed by atoms with van der Waals surface area (Å²) >= 11 is 3.13. The van der Waals surface area contributed by atoms with Gasteiger partial charge in [-0.25, -0.2) is 9.37 Å². The topological polar surface area (TPSA) is 80.3 Å². The minimum Gasteiger partial charge on any atom is -0.481 e. The largest absolute Gasteiger partial charge is 0.481 e. The summed E-state index contributed by atoms with van der Waals surface area (Å²) in [7, 11) is 0. The molecule has 0 atom stereocenters. The quantitative estimate of drug-likeness (QED) is 0.639. The highest BCUT2D eigenvalue weighted by Crippen LogP contribution is 2.21. The lowest BCUT2D eigenvalue weighted by Crippen LogP contribution is -2.44. The third-order valence-corrected chi connectivity index (χ3v) is 3.89. The number of carbonyl (C=O) groups excluding carboxylic acids is 2. The molecule has 0 spiro atoms. The van der Waals surface area contributed by atoms with Crippen LogP contribution in [0.2, 0.25) is 0 Å². The number of rotatable bonds is 4. The molecule has 1 aromatic heterocycles. The van der Waals surface area contributed by atoms with Crippen molar-refractivity contribution in [1.82, 2.24) is 15.8 Å². The normalized spacial score (nSPS) is 10.4. The minimum absolute atomic E-state index is 0.0640. The van der Waals surface area contributed by atoms with Crippen LogP contribution in [0.4, 0.5) is 4.39 Å². The van der Waals surface area contributed by atoms with Crippen LogP contribution in [-0.2, 0) is 4.79 Å². The molecule has 132 valence electrons. The molecule has 3 rings (SSSR count). The van der Waals surface area contributed by atoms with Gasteiger partial charge in [-0.05, 0) is 30.3 Å². The molecule has 0 aliphatic carbocycles. The number of hydrogen-bond donors (Lipinski definition) is 2. The molecule has 0 fully saturated rings. The summed E-state index contributed by atoms with van der Waals surface area (Å²) in [4.78, 5) is 28.0. The molecule has 26 heavy (non-hydrogen) atoms. The van der Waals surface area contributed by atoms with E-state index in [-0.39, 0.29) is 11.4 Å². The molecule has 2 N–H and O–H groups in total. The molecular weight excluding hydrogens is 405 g/mol. The number of amides is 2. The smallest absolute Gasteiger partial charge is 0.288 e. The van der Waals surface area contributed by atoms with Gasteiger partial charge in [0.25, 0.3) is 11.8 Å². The molecule has 1 heterocycles. The highest BCUT2D eigenvalue weighted by molar-refractivity contribution is 9.10. The average molecular weight is 418 g/mol. The van der Waals surface area contributed by atoms with E-state index in [4.69, 9.17) is 4.74 Å². The molecule has 0 bridgehead atoms. The predicted octanol–water partition coefficient (Wildman–Crippen LogP) is 2.98. The van der Waals surface area contributed by atoms with Crippen molar-refractivity contribution in [3.05, 3.63) is 70.6 Å². The Kier molecular flexibility index (Phi) is 5.43. The highest BCUT2D eigenvalue weighted by atomic mass is 79.9. The zero-order chi connectivity index (χ0) is 18.5. The maximum absolute atomic E-state index is 13.6. The van der Waals surface area contributed by atoms with Crippen molar-refractivity contribution < 1.29 is 18.7 Å². The lowest BCUT2D eigenvalue weighted by molar-refractivity contribution is -0.123. The summed E-state index contributed by atoms with van der Waals surface area (Å²) in [6, 6.07) is 14.9. The molecule has 2 aromatic carbocycles. The van der Waals surface area contributed by atoms with E-state index < -0.39 is 24.2 Å². The zero-order valence-electron chi connectivity index (χ0n) is 13.3. The number of halogens is 2. The molecule has 0 aliphatic heterocycles. The second-order valence-electron chi connectivity index (χ2n) is 5.25. The Balaban J connectivity index is 1.54. The van der Waals surface area contributed by atoms with E-state index in [0.29, 0.717) is 9.99 Å². The molecule has 3 aromatic rings. The van der Waals surface area contributed by atoms with Crippen LogP contribution in [-0.4, -0.2) is 23.4 Å². The number of benzene rings is 2. The molecule has 0 unspecified atom stereocenters. The van der Waals surface area contributed by atoms with Gasteiger partial charge in [-0.3, -0.25) is 20.4 Å². The van der Waals surface area contributed by atoms with Crippen molar-refractivity contribution in [2.45, 2.75) is 0 Å². The van der Waals surface area contributed by atoms with E-state index >= 15 is 0 Å². The third-order valence-electron chi connectivity index (χ3n) is 3.40. The summed E-state index contributed by atoms with van der Waals surface area (Å²) in [5, 5.41) is 0.901. The Labute approximate surface area is 156 Å². The standard InChI is InChI=1S/C18H13BrFN3O3/c19-12-6-8-16(13(20)9-12)26-10-17(24)22-23-18(25)15-7-5-11-3-1-2-4-14(11)21-15/h1-9H,10H2,(H,22,24)(H,23,25). The number of hydrogen-bond acceptors (Lipinski definition) is 4. The number of pyridine rings is 1. The van der Waals surface area contributed by atoms with Crippen LogP contribution in [0, 0.1) is 5.82 Å². The molecule has 0 saturated carbocycles.